The second-order valence-corrected chi connectivity index (χ2v) is 14.4. The predicted octanol–water partition coefficient (Wildman–Crippen LogP) is 3.57. The van der Waals surface area contributed by atoms with Crippen molar-refractivity contribution in [3.63, 3.8) is 0 Å². The number of hydrogen-bond donors (Lipinski definition) is 4. The topological polar surface area (TPSA) is 169 Å². The number of aromatic nitrogens is 4. The number of rotatable bonds is 11. The molecule has 2 aromatic carbocycles. The van der Waals surface area contributed by atoms with E-state index in [0.717, 1.165) is 60.8 Å². The van der Waals surface area contributed by atoms with Gasteiger partial charge in [0.1, 0.15) is 6.04 Å². The molecule has 1 aliphatic heterocycles. The van der Waals surface area contributed by atoms with Gasteiger partial charge in [-0.2, -0.15) is 10.5 Å². The molecule has 4 N–H and O–H groups in total. The number of nitrogens with one attached hydrogen (secondary N) is 4. The molecule has 4 atom stereocenters. The molecule has 7 rings (SSSR count). The Morgan fingerprint density at radius 2 is 1.60 bits per heavy atom. The molecule has 1 aromatic heterocycles. The molecule has 0 spiro atoms. The second-order valence-electron chi connectivity index (χ2n) is 14.4. The van der Waals surface area contributed by atoms with Gasteiger partial charge in [-0.05, 0) is 117 Å². The van der Waals surface area contributed by atoms with E-state index in [9.17, 15) is 19.6 Å². The lowest BCUT2D eigenvalue weighted by atomic mass is 9.65. The largest absolute Gasteiger partial charge is 0.352 e. The monoisotopic (exact) mass is 677 g/mol. The number of nitrogens with zero attached hydrogens (tertiary/aromatic N) is 5. The van der Waals surface area contributed by atoms with Gasteiger partial charge in [0.2, 0.25) is 5.91 Å². The third-order valence-corrected chi connectivity index (χ3v) is 11.5. The number of aromatic amines is 1. The van der Waals surface area contributed by atoms with Crippen molar-refractivity contribution in [1.82, 2.24) is 41.5 Å². The minimum absolute atomic E-state index is 0.0178. The van der Waals surface area contributed by atoms with Crippen LogP contribution in [0.15, 0.2) is 36.4 Å². The van der Waals surface area contributed by atoms with Crippen molar-refractivity contribution >= 4 is 17.7 Å². The summed E-state index contributed by atoms with van der Waals surface area (Å²) in [5, 5.41) is 35.5. The molecular formula is C38H47N9O3. The number of H-pyrrole nitrogens is 1. The van der Waals surface area contributed by atoms with Crippen molar-refractivity contribution in [2.24, 2.45) is 11.8 Å². The van der Waals surface area contributed by atoms with E-state index in [4.69, 9.17) is 0 Å². The van der Waals surface area contributed by atoms with Crippen LogP contribution < -0.4 is 16.0 Å². The van der Waals surface area contributed by atoms with Crippen molar-refractivity contribution in [1.29, 1.82) is 5.26 Å². The summed E-state index contributed by atoms with van der Waals surface area (Å²) in [6.45, 7) is 5.01. The number of likely N-dealkylation sites (tertiary alicyclic amines) is 1. The van der Waals surface area contributed by atoms with E-state index < -0.39 is 5.41 Å². The molecule has 0 bridgehead atoms. The molecule has 2 saturated carbocycles. The average Bonchev–Trinajstić information content (AvgIpc) is 3.51. The third-order valence-electron chi connectivity index (χ3n) is 11.5. The van der Waals surface area contributed by atoms with Crippen LogP contribution >= 0.6 is 0 Å². The number of piperidine rings is 1. The highest BCUT2D eigenvalue weighted by molar-refractivity contribution is 5.95. The van der Waals surface area contributed by atoms with Gasteiger partial charge < -0.3 is 20.9 Å². The van der Waals surface area contributed by atoms with E-state index >= 15 is 0 Å². The fraction of sp³-hybridized carbons (Fsp3) is 0.553. The van der Waals surface area contributed by atoms with E-state index in [2.05, 4.69) is 42.6 Å². The van der Waals surface area contributed by atoms with Gasteiger partial charge in [0.05, 0.1) is 18.0 Å². The van der Waals surface area contributed by atoms with Crippen LogP contribution in [0.1, 0.15) is 114 Å². The van der Waals surface area contributed by atoms with Crippen LogP contribution in [0.4, 0.5) is 0 Å². The molecule has 12 heteroatoms. The number of benzene rings is 2. The van der Waals surface area contributed by atoms with Gasteiger partial charge in [-0.15, -0.1) is 10.2 Å². The lowest BCUT2D eigenvalue weighted by Gasteiger charge is -2.41. The molecule has 2 heterocycles. The molecule has 3 amide bonds. The summed E-state index contributed by atoms with van der Waals surface area (Å²) < 4.78 is 0. The number of tetrazole rings is 1. The first-order chi connectivity index (χ1) is 24.4. The Balaban J connectivity index is 1.34. The summed E-state index contributed by atoms with van der Waals surface area (Å²) in [5.41, 5.74) is 4.29. The first-order valence-electron chi connectivity index (χ1n) is 18.4. The maximum Gasteiger partial charge on any atom is 0.251 e. The molecule has 12 nitrogen and oxygen atoms in total. The van der Waals surface area contributed by atoms with Gasteiger partial charge in [0.15, 0.2) is 5.82 Å². The Hall–Kier alpha value is -4.63. The van der Waals surface area contributed by atoms with Crippen LogP contribution in [0.25, 0.3) is 0 Å². The number of nitriles is 1. The van der Waals surface area contributed by atoms with Gasteiger partial charge in [0, 0.05) is 36.3 Å². The third kappa shape index (κ3) is 6.28. The van der Waals surface area contributed by atoms with E-state index in [1.807, 2.05) is 55.1 Å². The fourth-order valence-electron chi connectivity index (χ4n) is 9.06. The summed E-state index contributed by atoms with van der Waals surface area (Å²) in [7, 11) is 0. The molecule has 0 unspecified atom stereocenters. The summed E-state index contributed by atoms with van der Waals surface area (Å²) in [5.74, 6) is 0.992. The molecule has 3 aliphatic carbocycles. The van der Waals surface area contributed by atoms with E-state index in [0.29, 0.717) is 61.1 Å². The SMILES string of the molecule is CCNC(=O)c1ccc2c(c1)CCc1cc(C(=O)NCC)ccc1C2(C[C@@H](NCC(=O)N1[C@H](C#N)C[C@@H]2C[C@@H]21)C1CCCCC1)c1nn[nH]n1. The molecular weight excluding hydrogens is 630 g/mol. The first kappa shape index (κ1) is 33.8. The predicted molar refractivity (Wildman–Crippen MR) is 186 cm³/mol. The molecule has 0 radical (unpaired) electrons. The van der Waals surface area contributed by atoms with Crippen LogP contribution in [0.2, 0.25) is 0 Å². The molecule has 50 heavy (non-hydrogen) atoms. The maximum absolute atomic E-state index is 13.8. The Morgan fingerprint density at radius 1 is 0.960 bits per heavy atom. The Morgan fingerprint density at radius 3 is 2.16 bits per heavy atom. The highest BCUT2D eigenvalue weighted by Crippen LogP contribution is 2.49. The highest BCUT2D eigenvalue weighted by atomic mass is 16.2. The molecule has 262 valence electrons. The van der Waals surface area contributed by atoms with Gasteiger partial charge >= 0.3 is 0 Å². The van der Waals surface area contributed by atoms with E-state index in [1.54, 1.807) is 0 Å². The quantitative estimate of drug-likeness (QED) is 0.239. The summed E-state index contributed by atoms with van der Waals surface area (Å²) in [4.78, 5) is 41.7. The average molecular weight is 678 g/mol. The van der Waals surface area contributed by atoms with E-state index in [-0.39, 0.29) is 42.4 Å². The molecule has 1 saturated heterocycles. The first-order valence-corrected chi connectivity index (χ1v) is 18.4. The van der Waals surface area contributed by atoms with Crippen molar-refractivity contribution in [3.8, 4) is 6.07 Å². The van der Waals surface area contributed by atoms with Crippen LogP contribution in [-0.4, -0.2) is 81.0 Å². The minimum atomic E-state index is -0.906. The zero-order valence-corrected chi connectivity index (χ0v) is 29.0. The smallest absolute Gasteiger partial charge is 0.251 e. The van der Waals surface area contributed by atoms with Crippen LogP contribution in [-0.2, 0) is 23.1 Å². The zero-order chi connectivity index (χ0) is 34.8. The van der Waals surface area contributed by atoms with Gasteiger partial charge in [0.25, 0.3) is 11.8 Å². The van der Waals surface area contributed by atoms with Crippen molar-refractivity contribution in [2.75, 3.05) is 19.6 Å². The molecule has 4 aliphatic rings. The minimum Gasteiger partial charge on any atom is -0.352 e. The zero-order valence-electron chi connectivity index (χ0n) is 29.0. The normalized spacial score (nSPS) is 22.7. The Kier molecular flexibility index (Phi) is 9.69. The number of carbonyl (C=O) groups excluding carboxylic acids is 3. The Labute approximate surface area is 293 Å². The Bertz CT molecular complexity index is 1710. The molecule has 3 fully saturated rings. The summed E-state index contributed by atoms with van der Waals surface area (Å²) in [6, 6.07) is 13.9. The number of fused-ring (bicyclic) bond motifs is 3. The van der Waals surface area contributed by atoms with Crippen molar-refractivity contribution in [2.45, 2.75) is 102 Å². The number of amides is 3. The maximum atomic E-state index is 13.8. The summed E-state index contributed by atoms with van der Waals surface area (Å²) >= 11 is 0. The van der Waals surface area contributed by atoms with Gasteiger partial charge in [-0.25, -0.2) is 0 Å². The van der Waals surface area contributed by atoms with Crippen LogP contribution in [0.5, 0.6) is 0 Å². The van der Waals surface area contributed by atoms with E-state index in [1.165, 1.54) is 6.42 Å². The van der Waals surface area contributed by atoms with Crippen molar-refractivity contribution in [3.05, 3.63) is 75.6 Å². The van der Waals surface area contributed by atoms with Crippen molar-refractivity contribution < 1.29 is 14.4 Å². The van der Waals surface area contributed by atoms with Crippen LogP contribution in [0.3, 0.4) is 0 Å². The standard InChI is InChI=1S/C38H47N9O3/c1-3-40-35(49)26-12-14-30-24(16-26)10-11-25-17-27(36(50)41-4-2)13-15-31(25)38(30,37-43-45-46-44-37)20-32(23-8-6-5-7-9-23)42-22-34(48)47-29(21-39)18-28-19-33(28)47/h12-17,23,28-29,32-33,42H,3-11,18-20,22H2,1-2H3,(H,40,49)(H,41,50)(H,43,44,45,46)/t28-,29+,32-,33+/m1/s1. The lowest BCUT2D eigenvalue weighted by Crippen LogP contribution is -2.50. The molecule has 3 aromatic rings. The number of hydrogen-bond acceptors (Lipinski definition) is 8. The summed E-state index contributed by atoms with van der Waals surface area (Å²) in [6.07, 6.45) is 9.11. The number of aryl methyl sites for hydroxylation is 2. The van der Waals surface area contributed by atoms with Crippen LogP contribution in [0, 0.1) is 23.2 Å². The second kappa shape index (κ2) is 14.3. The fourth-order valence-corrected chi connectivity index (χ4v) is 9.06. The van der Waals surface area contributed by atoms with Gasteiger partial charge in [-0.3, -0.25) is 14.4 Å². The lowest BCUT2D eigenvalue weighted by molar-refractivity contribution is -0.131. The number of carbonyl (C=O) groups is 3. The highest BCUT2D eigenvalue weighted by Gasteiger charge is 2.54. The van der Waals surface area contributed by atoms with Gasteiger partial charge in [-0.1, -0.05) is 36.6 Å².